The SMILES string of the molecule is COc1cccc(-c2cc(C(=O)NCc3ccc4c(c3)OCO4)n(-c3ccc(F)cc3)n2)c1. The lowest BCUT2D eigenvalue weighted by molar-refractivity contribution is 0.0943. The van der Waals surface area contributed by atoms with Crippen LogP contribution < -0.4 is 19.5 Å². The highest BCUT2D eigenvalue weighted by atomic mass is 19.1. The van der Waals surface area contributed by atoms with Gasteiger partial charge < -0.3 is 19.5 Å². The third kappa shape index (κ3) is 4.23. The van der Waals surface area contributed by atoms with Crippen LogP contribution in [0.5, 0.6) is 17.2 Å². The Morgan fingerprint density at radius 3 is 2.70 bits per heavy atom. The number of carbonyl (C=O) groups is 1. The number of fused-ring (bicyclic) bond motifs is 1. The van der Waals surface area contributed by atoms with Crippen LogP contribution in [0.4, 0.5) is 4.39 Å². The van der Waals surface area contributed by atoms with Crippen LogP contribution in [0.15, 0.2) is 72.8 Å². The average Bonchev–Trinajstić information content (AvgIpc) is 3.50. The molecule has 1 amide bonds. The maximum Gasteiger partial charge on any atom is 0.270 e. The largest absolute Gasteiger partial charge is 0.497 e. The molecule has 0 saturated carbocycles. The average molecular weight is 445 g/mol. The minimum Gasteiger partial charge on any atom is -0.497 e. The molecule has 2 heterocycles. The molecule has 1 aliphatic rings. The van der Waals surface area contributed by atoms with E-state index in [4.69, 9.17) is 14.2 Å². The van der Waals surface area contributed by atoms with Crippen LogP contribution in [-0.4, -0.2) is 29.6 Å². The van der Waals surface area contributed by atoms with E-state index in [1.165, 1.54) is 16.8 Å². The minimum atomic E-state index is -0.368. The number of carbonyl (C=O) groups excluding carboxylic acids is 1. The summed E-state index contributed by atoms with van der Waals surface area (Å²) in [5, 5.41) is 7.54. The molecule has 0 aliphatic carbocycles. The van der Waals surface area contributed by atoms with Gasteiger partial charge in [-0.05, 0) is 60.2 Å². The van der Waals surface area contributed by atoms with Crippen LogP contribution >= 0.6 is 0 Å². The zero-order valence-corrected chi connectivity index (χ0v) is 17.7. The molecule has 5 rings (SSSR count). The van der Waals surface area contributed by atoms with E-state index in [0.717, 1.165) is 11.1 Å². The molecule has 0 spiro atoms. The van der Waals surface area contributed by atoms with E-state index in [-0.39, 0.29) is 18.5 Å². The van der Waals surface area contributed by atoms with Crippen LogP contribution in [0.2, 0.25) is 0 Å². The number of hydrogen-bond acceptors (Lipinski definition) is 5. The summed E-state index contributed by atoms with van der Waals surface area (Å²) in [6, 6.07) is 20.4. The van der Waals surface area contributed by atoms with Crippen LogP contribution in [0.3, 0.4) is 0 Å². The van der Waals surface area contributed by atoms with Crippen LogP contribution in [0.1, 0.15) is 16.1 Å². The number of nitrogens with one attached hydrogen (secondary N) is 1. The molecule has 1 aliphatic heterocycles. The Labute approximate surface area is 189 Å². The predicted molar refractivity (Wildman–Crippen MR) is 119 cm³/mol. The Hall–Kier alpha value is -4.33. The summed E-state index contributed by atoms with van der Waals surface area (Å²) in [4.78, 5) is 13.2. The number of ether oxygens (including phenoxy) is 3. The maximum atomic E-state index is 13.5. The number of nitrogens with zero attached hydrogens (tertiary/aromatic N) is 2. The summed E-state index contributed by atoms with van der Waals surface area (Å²) in [6.07, 6.45) is 0. The summed E-state index contributed by atoms with van der Waals surface area (Å²) in [5.74, 6) is 1.32. The molecule has 3 aromatic carbocycles. The second-order valence-electron chi connectivity index (χ2n) is 7.41. The van der Waals surface area contributed by atoms with E-state index in [1.807, 2.05) is 42.5 Å². The molecular weight excluding hydrogens is 425 g/mol. The van der Waals surface area contributed by atoms with Crippen molar-refractivity contribution >= 4 is 5.91 Å². The first-order valence-corrected chi connectivity index (χ1v) is 10.3. The predicted octanol–water partition coefficient (Wildman–Crippen LogP) is 4.35. The summed E-state index contributed by atoms with van der Waals surface area (Å²) < 4.78 is 31.0. The third-order valence-corrected chi connectivity index (χ3v) is 5.27. The van der Waals surface area contributed by atoms with Gasteiger partial charge in [-0.15, -0.1) is 0 Å². The van der Waals surface area contributed by atoms with E-state index in [9.17, 15) is 9.18 Å². The Morgan fingerprint density at radius 1 is 1.06 bits per heavy atom. The molecule has 8 heteroatoms. The van der Waals surface area contributed by atoms with Gasteiger partial charge in [-0.1, -0.05) is 18.2 Å². The standard InChI is InChI=1S/C25H20FN3O4/c1-31-20-4-2-3-17(12-20)21-13-22(29(28-21)19-8-6-18(26)7-9-19)25(30)27-14-16-5-10-23-24(11-16)33-15-32-23/h2-13H,14-15H2,1H3,(H,27,30). The second kappa shape index (κ2) is 8.66. The minimum absolute atomic E-state index is 0.190. The second-order valence-corrected chi connectivity index (χ2v) is 7.41. The summed E-state index contributed by atoms with van der Waals surface area (Å²) >= 11 is 0. The van der Waals surface area contributed by atoms with Crippen molar-refractivity contribution in [2.45, 2.75) is 6.54 Å². The fourth-order valence-corrected chi connectivity index (χ4v) is 3.57. The van der Waals surface area contributed by atoms with Gasteiger partial charge in [0.05, 0.1) is 18.5 Å². The molecule has 0 unspecified atom stereocenters. The number of rotatable bonds is 6. The first-order valence-electron chi connectivity index (χ1n) is 10.3. The van der Waals surface area contributed by atoms with E-state index in [1.54, 1.807) is 25.3 Å². The lowest BCUT2D eigenvalue weighted by Crippen LogP contribution is -2.25. The van der Waals surface area contributed by atoms with Gasteiger partial charge in [-0.3, -0.25) is 4.79 Å². The Balaban J connectivity index is 1.45. The molecule has 0 atom stereocenters. The molecule has 0 fully saturated rings. The molecule has 0 saturated heterocycles. The first kappa shape index (κ1) is 20.6. The Morgan fingerprint density at radius 2 is 1.88 bits per heavy atom. The smallest absolute Gasteiger partial charge is 0.270 e. The molecule has 0 radical (unpaired) electrons. The number of aromatic nitrogens is 2. The lowest BCUT2D eigenvalue weighted by atomic mass is 10.1. The normalized spacial score (nSPS) is 11.9. The molecule has 33 heavy (non-hydrogen) atoms. The van der Waals surface area contributed by atoms with Crippen molar-refractivity contribution < 1.29 is 23.4 Å². The van der Waals surface area contributed by atoms with Crippen LogP contribution in [0, 0.1) is 5.82 Å². The van der Waals surface area contributed by atoms with Gasteiger partial charge in [-0.25, -0.2) is 9.07 Å². The van der Waals surface area contributed by atoms with E-state index in [0.29, 0.717) is 40.9 Å². The van der Waals surface area contributed by atoms with Crippen molar-refractivity contribution in [1.82, 2.24) is 15.1 Å². The molecule has 7 nitrogen and oxygen atoms in total. The topological polar surface area (TPSA) is 74.6 Å². The highest BCUT2D eigenvalue weighted by Gasteiger charge is 2.19. The van der Waals surface area contributed by atoms with Gasteiger partial charge in [0.1, 0.15) is 17.3 Å². The van der Waals surface area contributed by atoms with Gasteiger partial charge in [0.25, 0.3) is 5.91 Å². The monoisotopic (exact) mass is 445 g/mol. The number of hydrogen-bond donors (Lipinski definition) is 1. The van der Waals surface area contributed by atoms with Crippen molar-refractivity contribution in [2.24, 2.45) is 0 Å². The number of halogens is 1. The van der Waals surface area contributed by atoms with E-state index >= 15 is 0 Å². The van der Waals surface area contributed by atoms with Crippen LogP contribution in [0.25, 0.3) is 16.9 Å². The van der Waals surface area contributed by atoms with Crippen molar-refractivity contribution in [1.29, 1.82) is 0 Å². The Bertz CT molecular complexity index is 1320. The third-order valence-electron chi connectivity index (χ3n) is 5.27. The fraction of sp³-hybridized carbons (Fsp3) is 0.120. The van der Waals surface area contributed by atoms with Crippen LogP contribution in [-0.2, 0) is 6.54 Å². The van der Waals surface area contributed by atoms with Gasteiger partial charge in [0.2, 0.25) is 6.79 Å². The van der Waals surface area contributed by atoms with Crippen molar-refractivity contribution in [3.63, 3.8) is 0 Å². The zero-order valence-electron chi connectivity index (χ0n) is 17.7. The molecular formula is C25H20FN3O4. The van der Waals surface area contributed by atoms with Crippen molar-refractivity contribution in [3.8, 4) is 34.2 Å². The highest BCUT2D eigenvalue weighted by Crippen LogP contribution is 2.32. The van der Waals surface area contributed by atoms with Gasteiger partial charge in [0.15, 0.2) is 11.5 Å². The molecule has 1 aromatic heterocycles. The first-order chi connectivity index (χ1) is 16.1. The summed E-state index contributed by atoms with van der Waals surface area (Å²) in [7, 11) is 1.59. The van der Waals surface area contributed by atoms with Crippen molar-refractivity contribution in [2.75, 3.05) is 13.9 Å². The maximum absolute atomic E-state index is 13.5. The Kier molecular flexibility index (Phi) is 5.40. The molecule has 166 valence electrons. The fourth-order valence-electron chi connectivity index (χ4n) is 3.57. The van der Waals surface area contributed by atoms with Gasteiger partial charge in [0, 0.05) is 12.1 Å². The van der Waals surface area contributed by atoms with Crippen molar-refractivity contribution in [3.05, 3.63) is 89.9 Å². The summed E-state index contributed by atoms with van der Waals surface area (Å²) in [5.41, 5.74) is 3.14. The van der Waals surface area contributed by atoms with E-state index in [2.05, 4.69) is 10.4 Å². The highest BCUT2D eigenvalue weighted by molar-refractivity contribution is 5.94. The molecule has 0 bridgehead atoms. The number of amides is 1. The summed E-state index contributed by atoms with van der Waals surface area (Å²) in [6.45, 7) is 0.480. The quantitative estimate of drug-likeness (QED) is 0.478. The number of benzene rings is 3. The lowest BCUT2D eigenvalue weighted by Gasteiger charge is -2.09. The van der Waals surface area contributed by atoms with E-state index < -0.39 is 0 Å². The number of methoxy groups -OCH3 is 1. The molecule has 4 aromatic rings. The van der Waals surface area contributed by atoms with Gasteiger partial charge >= 0.3 is 0 Å². The molecule has 1 N–H and O–H groups in total. The zero-order chi connectivity index (χ0) is 22.8. The van der Waals surface area contributed by atoms with Gasteiger partial charge in [-0.2, -0.15) is 5.10 Å².